The second-order valence-corrected chi connectivity index (χ2v) is 9.73. The summed E-state index contributed by atoms with van der Waals surface area (Å²) < 4.78 is 2.15. The molecule has 0 saturated carbocycles. The average Bonchev–Trinajstić information content (AvgIpc) is 3.41. The SMILES string of the molecule is Cc1cc(C)cc(NC(=O)CSc2nnc(Cc3cccs3)n2CCc2ccccc2)c1. The van der Waals surface area contributed by atoms with Gasteiger partial charge in [0.15, 0.2) is 5.16 Å². The Kier molecular flexibility index (Phi) is 7.39. The quantitative estimate of drug-likeness (QED) is 0.333. The number of anilines is 1. The van der Waals surface area contributed by atoms with Gasteiger partial charge in [-0.3, -0.25) is 4.79 Å². The van der Waals surface area contributed by atoms with Crippen molar-refractivity contribution in [3.63, 3.8) is 0 Å². The normalized spacial score (nSPS) is 10.9. The van der Waals surface area contributed by atoms with Crippen LogP contribution >= 0.6 is 23.1 Å². The summed E-state index contributed by atoms with van der Waals surface area (Å²) >= 11 is 3.15. The zero-order chi connectivity index (χ0) is 22.3. The van der Waals surface area contributed by atoms with Crippen LogP contribution in [0.25, 0.3) is 0 Å². The minimum atomic E-state index is -0.0441. The number of hydrogen-bond donors (Lipinski definition) is 1. The summed E-state index contributed by atoms with van der Waals surface area (Å²) in [5, 5.41) is 14.7. The van der Waals surface area contributed by atoms with E-state index in [1.165, 1.54) is 22.2 Å². The van der Waals surface area contributed by atoms with Crippen LogP contribution in [-0.2, 0) is 24.2 Å². The van der Waals surface area contributed by atoms with Gasteiger partial charge in [-0.25, -0.2) is 0 Å². The molecule has 32 heavy (non-hydrogen) atoms. The molecule has 2 heterocycles. The first-order valence-corrected chi connectivity index (χ1v) is 12.4. The lowest BCUT2D eigenvalue weighted by Crippen LogP contribution is -2.15. The van der Waals surface area contributed by atoms with Gasteiger partial charge in [0.05, 0.1) is 5.75 Å². The Labute approximate surface area is 196 Å². The van der Waals surface area contributed by atoms with Crippen LogP contribution in [0.15, 0.2) is 71.2 Å². The van der Waals surface area contributed by atoms with Crippen LogP contribution in [0.3, 0.4) is 0 Å². The van der Waals surface area contributed by atoms with Crippen molar-refractivity contribution in [1.82, 2.24) is 14.8 Å². The van der Waals surface area contributed by atoms with E-state index in [0.717, 1.165) is 47.2 Å². The van der Waals surface area contributed by atoms with Gasteiger partial charge in [0.1, 0.15) is 5.82 Å². The first-order chi connectivity index (χ1) is 15.6. The Hall–Kier alpha value is -2.90. The number of thiophene rings is 1. The van der Waals surface area contributed by atoms with Gasteiger partial charge in [-0.15, -0.1) is 21.5 Å². The second kappa shape index (κ2) is 10.6. The van der Waals surface area contributed by atoms with E-state index < -0.39 is 0 Å². The predicted octanol–water partition coefficient (Wildman–Crippen LogP) is 5.52. The largest absolute Gasteiger partial charge is 0.325 e. The van der Waals surface area contributed by atoms with Crippen molar-refractivity contribution in [2.75, 3.05) is 11.1 Å². The minimum absolute atomic E-state index is 0.0441. The fourth-order valence-electron chi connectivity index (χ4n) is 3.61. The first kappa shape index (κ1) is 22.3. The van der Waals surface area contributed by atoms with Crippen LogP contribution in [-0.4, -0.2) is 26.4 Å². The molecule has 4 aromatic rings. The Morgan fingerprint density at radius 1 is 1.03 bits per heavy atom. The number of carbonyl (C=O) groups is 1. The molecule has 0 unspecified atom stereocenters. The highest BCUT2D eigenvalue weighted by molar-refractivity contribution is 7.99. The molecular weight excluding hydrogens is 436 g/mol. The molecular formula is C25H26N4OS2. The maximum Gasteiger partial charge on any atom is 0.234 e. The average molecular weight is 463 g/mol. The van der Waals surface area contributed by atoms with Crippen LogP contribution < -0.4 is 5.32 Å². The Morgan fingerprint density at radius 2 is 1.81 bits per heavy atom. The predicted molar refractivity (Wildman–Crippen MR) is 133 cm³/mol. The molecule has 0 atom stereocenters. The van der Waals surface area contributed by atoms with Crippen LogP contribution in [0.5, 0.6) is 0 Å². The molecule has 0 aliphatic carbocycles. The number of nitrogens with zero attached hydrogens (tertiary/aromatic N) is 3. The number of benzene rings is 2. The van der Waals surface area contributed by atoms with E-state index >= 15 is 0 Å². The van der Waals surface area contributed by atoms with Crippen molar-refractivity contribution in [3.8, 4) is 0 Å². The van der Waals surface area contributed by atoms with Crippen molar-refractivity contribution in [2.45, 2.75) is 38.4 Å². The van der Waals surface area contributed by atoms with Gasteiger partial charge in [0.2, 0.25) is 5.91 Å². The smallest absolute Gasteiger partial charge is 0.234 e. The van der Waals surface area contributed by atoms with Crippen molar-refractivity contribution < 1.29 is 4.79 Å². The number of amides is 1. The number of carbonyl (C=O) groups excluding carboxylic acids is 1. The fraction of sp³-hybridized carbons (Fsp3) is 0.240. The van der Waals surface area contributed by atoms with Gasteiger partial charge in [-0.2, -0.15) is 0 Å². The number of hydrogen-bond acceptors (Lipinski definition) is 5. The van der Waals surface area contributed by atoms with Crippen LogP contribution in [0.4, 0.5) is 5.69 Å². The molecule has 0 aliphatic heterocycles. The Balaban J connectivity index is 1.45. The van der Waals surface area contributed by atoms with Crippen molar-refractivity contribution in [1.29, 1.82) is 0 Å². The maximum absolute atomic E-state index is 12.6. The van der Waals surface area contributed by atoms with Crippen LogP contribution in [0.2, 0.25) is 0 Å². The molecule has 0 aliphatic rings. The third-order valence-corrected chi connectivity index (χ3v) is 6.85. The number of aryl methyl sites for hydroxylation is 3. The number of aromatic nitrogens is 3. The first-order valence-electron chi connectivity index (χ1n) is 10.6. The Morgan fingerprint density at radius 3 is 2.53 bits per heavy atom. The molecule has 0 fully saturated rings. The van der Waals surface area contributed by atoms with Crippen LogP contribution in [0.1, 0.15) is 27.4 Å². The number of nitrogens with one attached hydrogen (secondary N) is 1. The molecule has 0 radical (unpaired) electrons. The van der Waals surface area contributed by atoms with E-state index in [-0.39, 0.29) is 11.7 Å². The molecule has 2 aromatic carbocycles. The molecule has 0 bridgehead atoms. The summed E-state index contributed by atoms with van der Waals surface area (Å²) in [6, 6.07) is 20.6. The fourth-order valence-corrected chi connectivity index (χ4v) is 5.09. The molecule has 0 spiro atoms. The van der Waals surface area contributed by atoms with E-state index in [1.54, 1.807) is 11.3 Å². The summed E-state index contributed by atoms with van der Waals surface area (Å²) in [5.74, 6) is 1.17. The standard InChI is InChI=1S/C25H26N4OS2/c1-18-13-19(2)15-21(14-18)26-24(30)17-32-25-28-27-23(16-22-9-6-12-31-22)29(25)11-10-20-7-4-3-5-8-20/h3-9,12-15H,10-11,16-17H2,1-2H3,(H,26,30). The number of thioether (sulfide) groups is 1. The van der Waals surface area contributed by atoms with Gasteiger partial charge < -0.3 is 9.88 Å². The van der Waals surface area contributed by atoms with Crippen molar-refractivity contribution >= 4 is 34.7 Å². The highest BCUT2D eigenvalue weighted by Crippen LogP contribution is 2.22. The lowest BCUT2D eigenvalue weighted by molar-refractivity contribution is -0.113. The topological polar surface area (TPSA) is 59.8 Å². The monoisotopic (exact) mass is 462 g/mol. The van der Waals surface area contributed by atoms with Gasteiger partial charge in [0.25, 0.3) is 0 Å². The van der Waals surface area contributed by atoms with E-state index in [9.17, 15) is 4.79 Å². The molecule has 7 heteroatoms. The molecule has 2 aromatic heterocycles. The summed E-state index contributed by atoms with van der Waals surface area (Å²) in [7, 11) is 0. The van der Waals surface area contributed by atoms with Gasteiger partial charge in [-0.1, -0.05) is 54.2 Å². The van der Waals surface area contributed by atoms with Gasteiger partial charge in [0, 0.05) is 23.5 Å². The molecule has 164 valence electrons. The van der Waals surface area contributed by atoms with Crippen LogP contribution in [0, 0.1) is 13.8 Å². The summed E-state index contributed by atoms with van der Waals surface area (Å²) in [6.45, 7) is 4.84. The van der Waals surface area contributed by atoms with E-state index in [2.05, 4.69) is 67.9 Å². The summed E-state index contributed by atoms with van der Waals surface area (Å²) in [4.78, 5) is 13.8. The molecule has 4 rings (SSSR count). The second-order valence-electron chi connectivity index (χ2n) is 7.76. The Bertz CT molecular complexity index is 1150. The third kappa shape index (κ3) is 6.08. The van der Waals surface area contributed by atoms with Crippen molar-refractivity contribution in [2.24, 2.45) is 0 Å². The lowest BCUT2D eigenvalue weighted by Gasteiger charge is -2.11. The zero-order valence-electron chi connectivity index (χ0n) is 18.2. The van der Waals surface area contributed by atoms with Gasteiger partial charge >= 0.3 is 0 Å². The lowest BCUT2D eigenvalue weighted by atomic mass is 10.1. The summed E-state index contributed by atoms with van der Waals surface area (Å²) in [5.41, 5.74) is 4.36. The van der Waals surface area contributed by atoms with Gasteiger partial charge in [-0.05, 0) is 60.5 Å². The molecule has 1 amide bonds. The minimum Gasteiger partial charge on any atom is -0.325 e. The zero-order valence-corrected chi connectivity index (χ0v) is 19.9. The van der Waals surface area contributed by atoms with E-state index in [4.69, 9.17) is 0 Å². The maximum atomic E-state index is 12.6. The molecule has 5 nitrogen and oxygen atoms in total. The van der Waals surface area contributed by atoms with E-state index in [0.29, 0.717) is 0 Å². The summed E-state index contributed by atoms with van der Waals surface area (Å²) in [6.07, 6.45) is 1.63. The molecule has 1 N–H and O–H groups in total. The highest BCUT2D eigenvalue weighted by atomic mass is 32.2. The number of rotatable bonds is 9. The molecule has 0 saturated heterocycles. The highest BCUT2D eigenvalue weighted by Gasteiger charge is 2.15. The van der Waals surface area contributed by atoms with Crippen molar-refractivity contribution in [3.05, 3.63) is 93.4 Å². The third-order valence-electron chi connectivity index (χ3n) is 5.01. The van der Waals surface area contributed by atoms with E-state index in [1.807, 2.05) is 32.0 Å².